The van der Waals surface area contributed by atoms with Gasteiger partial charge in [0.15, 0.2) is 0 Å². The van der Waals surface area contributed by atoms with Crippen LogP contribution in [-0.4, -0.2) is 23.1 Å². The zero-order valence-electron chi connectivity index (χ0n) is 12.6. The van der Waals surface area contributed by atoms with E-state index in [1.807, 2.05) is 16.8 Å². The first kappa shape index (κ1) is 15.8. The van der Waals surface area contributed by atoms with E-state index in [0.717, 1.165) is 25.1 Å². The average molecular weight is 265 g/mol. The fourth-order valence-electron chi connectivity index (χ4n) is 2.30. The van der Waals surface area contributed by atoms with Crippen molar-refractivity contribution >= 4 is 5.91 Å². The second kappa shape index (κ2) is 8.00. The van der Waals surface area contributed by atoms with Crippen molar-refractivity contribution in [2.75, 3.05) is 6.54 Å². The van der Waals surface area contributed by atoms with Crippen LogP contribution in [0.4, 0.5) is 0 Å². The molecule has 0 aliphatic rings. The van der Waals surface area contributed by atoms with Gasteiger partial charge in [0.1, 0.15) is 6.54 Å². The van der Waals surface area contributed by atoms with Crippen LogP contribution in [0.2, 0.25) is 0 Å². The molecular formula is C15H27N3O. The summed E-state index contributed by atoms with van der Waals surface area (Å²) in [7, 11) is 0. The minimum Gasteiger partial charge on any atom is -0.352 e. The van der Waals surface area contributed by atoms with Gasteiger partial charge >= 0.3 is 0 Å². The van der Waals surface area contributed by atoms with E-state index in [0.29, 0.717) is 6.54 Å². The molecule has 1 heterocycles. The number of carbonyl (C=O) groups excluding carboxylic acids is 1. The molecule has 19 heavy (non-hydrogen) atoms. The summed E-state index contributed by atoms with van der Waals surface area (Å²) in [6.45, 7) is 9.73. The largest absolute Gasteiger partial charge is 0.352 e. The predicted octanol–water partition coefficient (Wildman–Crippen LogP) is 2.46. The molecule has 0 saturated heterocycles. The van der Waals surface area contributed by atoms with Gasteiger partial charge in [-0.2, -0.15) is 0 Å². The van der Waals surface area contributed by atoms with Crippen molar-refractivity contribution in [3.63, 3.8) is 0 Å². The minimum atomic E-state index is 0.0925. The van der Waals surface area contributed by atoms with Crippen molar-refractivity contribution in [1.82, 2.24) is 15.2 Å². The number of nitrogens with zero attached hydrogens (tertiary/aromatic N) is 1. The van der Waals surface area contributed by atoms with Gasteiger partial charge in [-0.3, -0.25) is 4.79 Å². The Morgan fingerprint density at radius 3 is 2.58 bits per heavy atom. The lowest BCUT2D eigenvalue weighted by Crippen LogP contribution is -2.36. The molecular weight excluding hydrogens is 238 g/mol. The van der Waals surface area contributed by atoms with Crippen LogP contribution in [0.5, 0.6) is 0 Å². The van der Waals surface area contributed by atoms with Crippen LogP contribution in [0.3, 0.4) is 0 Å². The highest BCUT2D eigenvalue weighted by molar-refractivity contribution is 5.76. The zero-order chi connectivity index (χ0) is 14.3. The summed E-state index contributed by atoms with van der Waals surface area (Å²) < 4.78 is 2.02. The van der Waals surface area contributed by atoms with Gasteiger partial charge in [0.2, 0.25) is 5.91 Å². The van der Waals surface area contributed by atoms with Gasteiger partial charge in [0.25, 0.3) is 0 Å². The molecule has 4 heteroatoms. The van der Waals surface area contributed by atoms with Gasteiger partial charge in [-0.05, 0) is 38.4 Å². The third-order valence-corrected chi connectivity index (χ3v) is 3.48. The highest BCUT2D eigenvalue weighted by Gasteiger charge is 2.13. The Morgan fingerprint density at radius 1 is 1.32 bits per heavy atom. The molecule has 0 spiro atoms. The Labute approximate surface area is 116 Å². The summed E-state index contributed by atoms with van der Waals surface area (Å²) in [6, 6.07) is 4.62. The summed E-state index contributed by atoms with van der Waals surface area (Å²) in [4.78, 5) is 12.0. The number of amides is 1. The number of rotatable bonds is 8. The van der Waals surface area contributed by atoms with E-state index < -0.39 is 0 Å². The first-order chi connectivity index (χ1) is 9.12. The Bertz CT molecular complexity index is 382. The van der Waals surface area contributed by atoms with Crippen LogP contribution in [-0.2, 0) is 11.3 Å². The lowest BCUT2D eigenvalue weighted by atomic mass is 10.2. The number of hydrogen-bond acceptors (Lipinski definition) is 2. The van der Waals surface area contributed by atoms with Crippen LogP contribution in [0, 0.1) is 0 Å². The van der Waals surface area contributed by atoms with E-state index in [-0.39, 0.29) is 18.0 Å². The molecule has 0 fully saturated rings. The Balaban J connectivity index is 2.62. The third-order valence-electron chi connectivity index (χ3n) is 3.48. The van der Waals surface area contributed by atoms with Gasteiger partial charge in [0.05, 0.1) is 0 Å². The molecule has 1 aromatic rings. The normalized spacial score (nSPS) is 12.7. The van der Waals surface area contributed by atoms with Gasteiger partial charge < -0.3 is 15.2 Å². The third kappa shape index (κ3) is 4.71. The molecule has 1 unspecified atom stereocenters. The van der Waals surface area contributed by atoms with Crippen LogP contribution in [0.15, 0.2) is 18.3 Å². The highest BCUT2D eigenvalue weighted by atomic mass is 16.2. The standard InChI is InChI=1S/C15H27N3O/c1-5-13(6-2)17-15(19)11-18-10-8-9-14(18)12(4)16-7-3/h8-10,12-13,16H,5-7,11H2,1-4H3,(H,17,19). The maximum Gasteiger partial charge on any atom is 0.240 e. The first-order valence-electron chi connectivity index (χ1n) is 7.30. The predicted molar refractivity (Wildman–Crippen MR) is 79.0 cm³/mol. The second-order valence-corrected chi connectivity index (χ2v) is 4.92. The molecule has 0 saturated carbocycles. The van der Waals surface area contributed by atoms with Gasteiger partial charge in [-0.1, -0.05) is 20.8 Å². The molecule has 4 nitrogen and oxygen atoms in total. The zero-order valence-corrected chi connectivity index (χ0v) is 12.6. The Kier molecular flexibility index (Phi) is 6.64. The maximum atomic E-state index is 12.0. The lowest BCUT2D eigenvalue weighted by Gasteiger charge is -2.18. The minimum absolute atomic E-state index is 0.0925. The highest BCUT2D eigenvalue weighted by Crippen LogP contribution is 2.13. The van der Waals surface area contributed by atoms with Gasteiger partial charge in [0, 0.05) is 24.0 Å². The van der Waals surface area contributed by atoms with Crippen LogP contribution in [0.25, 0.3) is 0 Å². The first-order valence-corrected chi connectivity index (χ1v) is 7.30. The summed E-state index contributed by atoms with van der Waals surface area (Å²) in [5, 5.41) is 6.44. The van der Waals surface area contributed by atoms with E-state index in [9.17, 15) is 4.79 Å². The topological polar surface area (TPSA) is 46.1 Å². The lowest BCUT2D eigenvalue weighted by molar-refractivity contribution is -0.122. The molecule has 1 atom stereocenters. The number of hydrogen-bond donors (Lipinski definition) is 2. The smallest absolute Gasteiger partial charge is 0.240 e. The molecule has 108 valence electrons. The maximum absolute atomic E-state index is 12.0. The molecule has 1 rings (SSSR count). The quantitative estimate of drug-likeness (QED) is 0.758. The fraction of sp³-hybridized carbons (Fsp3) is 0.667. The SMILES string of the molecule is CCNC(C)c1cccn1CC(=O)NC(CC)CC. The molecule has 0 bridgehead atoms. The van der Waals surface area contributed by atoms with Crippen LogP contribution in [0.1, 0.15) is 52.3 Å². The van der Waals surface area contributed by atoms with Crippen molar-refractivity contribution < 1.29 is 4.79 Å². The van der Waals surface area contributed by atoms with Crippen LogP contribution < -0.4 is 10.6 Å². The molecule has 0 aromatic carbocycles. The molecule has 1 amide bonds. The molecule has 0 aliphatic heterocycles. The summed E-state index contributed by atoms with van der Waals surface area (Å²) >= 11 is 0. The van der Waals surface area contributed by atoms with E-state index >= 15 is 0 Å². The van der Waals surface area contributed by atoms with E-state index in [1.165, 1.54) is 0 Å². The summed E-state index contributed by atoms with van der Waals surface area (Å²) in [5.74, 6) is 0.0925. The summed E-state index contributed by atoms with van der Waals surface area (Å²) in [6.07, 6.45) is 3.93. The van der Waals surface area contributed by atoms with Crippen molar-refractivity contribution in [1.29, 1.82) is 0 Å². The van der Waals surface area contributed by atoms with Crippen LogP contribution >= 0.6 is 0 Å². The van der Waals surface area contributed by atoms with Crippen molar-refractivity contribution in [3.05, 3.63) is 24.0 Å². The molecule has 1 aromatic heterocycles. The van der Waals surface area contributed by atoms with Gasteiger partial charge in [-0.15, -0.1) is 0 Å². The van der Waals surface area contributed by atoms with E-state index in [2.05, 4.69) is 44.4 Å². The van der Waals surface area contributed by atoms with Crippen molar-refractivity contribution in [2.45, 2.75) is 59.2 Å². The molecule has 0 radical (unpaired) electrons. The van der Waals surface area contributed by atoms with E-state index in [1.54, 1.807) is 0 Å². The Morgan fingerprint density at radius 2 is 2.00 bits per heavy atom. The number of carbonyl (C=O) groups is 1. The molecule has 2 N–H and O–H groups in total. The summed E-state index contributed by atoms with van der Waals surface area (Å²) in [5.41, 5.74) is 1.15. The molecule has 0 aliphatic carbocycles. The van der Waals surface area contributed by atoms with Gasteiger partial charge in [-0.25, -0.2) is 0 Å². The Hall–Kier alpha value is -1.29. The van der Waals surface area contributed by atoms with Crippen molar-refractivity contribution in [3.8, 4) is 0 Å². The second-order valence-electron chi connectivity index (χ2n) is 4.92. The average Bonchev–Trinajstić information content (AvgIpc) is 2.84. The number of aromatic nitrogens is 1. The fourth-order valence-corrected chi connectivity index (χ4v) is 2.30. The van der Waals surface area contributed by atoms with E-state index in [4.69, 9.17) is 0 Å². The van der Waals surface area contributed by atoms with Crippen molar-refractivity contribution in [2.24, 2.45) is 0 Å². The number of nitrogens with one attached hydrogen (secondary N) is 2. The monoisotopic (exact) mass is 265 g/mol.